The molecule has 116 valence electrons. The maximum atomic E-state index is 11.7. The molecule has 0 bridgehead atoms. The normalized spacial score (nSPS) is 15.9. The molecule has 0 unspecified atom stereocenters. The molecule has 0 aromatic carbocycles. The minimum absolute atomic E-state index is 0.229. The second-order valence-corrected chi connectivity index (χ2v) is 5.50. The van der Waals surface area contributed by atoms with E-state index in [1.165, 1.54) is 0 Å². The third-order valence-electron chi connectivity index (χ3n) is 3.56. The lowest BCUT2D eigenvalue weighted by Crippen LogP contribution is -2.42. The quantitative estimate of drug-likeness (QED) is 0.869. The van der Waals surface area contributed by atoms with E-state index in [4.69, 9.17) is 16.3 Å². The molecular formula is C14H21ClN4O2. The van der Waals surface area contributed by atoms with Gasteiger partial charge in [-0.1, -0.05) is 11.6 Å². The van der Waals surface area contributed by atoms with E-state index in [2.05, 4.69) is 15.3 Å². The largest absolute Gasteiger partial charge is 0.450 e. The highest BCUT2D eigenvalue weighted by Crippen LogP contribution is 2.22. The number of ether oxygens (including phenoxy) is 1. The number of aromatic nitrogens is 2. The van der Waals surface area contributed by atoms with Crippen LogP contribution in [0.3, 0.4) is 0 Å². The Morgan fingerprint density at radius 1 is 1.38 bits per heavy atom. The third kappa shape index (κ3) is 3.97. The molecule has 0 atom stereocenters. The van der Waals surface area contributed by atoms with Crippen LogP contribution in [0.25, 0.3) is 0 Å². The van der Waals surface area contributed by atoms with E-state index in [1.807, 2.05) is 20.8 Å². The van der Waals surface area contributed by atoms with Gasteiger partial charge in [-0.25, -0.2) is 14.8 Å². The topological polar surface area (TPSA) is 67.3 Å². The van der Waals surface area contributed by atoms with Crippen LogP contribution in [0.1, 0.15) is 31.2 Å². The number of amides is 1. The number of nitrogens with zero attached hydrogens (tertiary/aromatic N) is 3. The van der Waals surface area contributed by atoms with Crippen LogP contribution in [-0.2, 0) is 4.74 Å². The first-order valence-electron chi connectivity index (χ1n) is 7.20. The number of anilines is 1. The Hall–Kier alpha value is -1.56. The summed E-state index contributed by atoms with van der Waals surface area (Å²) in [6.07, 6.45) is 1.49. The molecule has 2 heterocycles. The van der Waals surface area contributed by atoms with Crippen molar-refractivity contribution in [3.8, 4) is 0 Å². The zero-order chi connectivity index (χ0) is 15.4. The van der Waals surface area contributed by atoms with Crippen molar-refractivity contribution in [2.75, 3.05) is 25.0 Å². The number of halogens is 1. The molecule has 1 aromatic heterocycles. The summed E-state index contributed by atoms with van der Waals surface area (Å²) in [5.74, 6) is 1.43. The SMILES string of the molecule is CCOC(=O)N1CCC(Nc2nc(C)nc(Cl)c2C)CC1. The van der Waals surface area contributed by atoms with E-state index in [9.17, 15) is 4.79 Å². The van der Waals surface area contributed by atoms with Crippen LogP contribution in [0.4, 0.5) is 10.6 Å². The smallest absolute Gasteiger partial charge is 0.409 e. The first-order valence-corrected chi connectivity index (χ1v) is 7.58. The molecule has 1 aliphatic heterocycles. The number of aryl methyl sites for hydroxylation is 1. The van der Waals surface area contributed by atoms with E-state index >= 15 is 0 Å². The maximum absolute atomic E-state index is 11.7. The number of likely N-dealkylation sites (tertiary alicyclic amines) is 1. The van der Waals surface area contributed by atoms with Gasteiger partial charge in [0.1, 0.15) is 16.8 Å². The molecule has 1 aromatic rings. The van der Waals surface area contributed by atoms with Crippen LogP contribution in [0, 0.1) is 13.8 Å². The van der Waals surface area contributed by atoms with Gasteiger partial charge in [0.15, 0.2) is 0 Å². The summed E-state index contributed by atoms with van der Waals surface area (Å²) in [7, 11) is 0. The molecule has 0 saturated carbocycles. The molecule has 1 amide bonds. The molecule has 0 aliphatic carbocycles. The average molecular weight is 313 g/mol. The highest BCUT2D eigenvalue weighted by atomic mass is 35.5. The van der Waals surface area contributed by atoms with Crippen molar-refractivity contribution < 1.29 is 9.53 Å². The predicted octanol–water partition coefficient (Wildman–Crippen LogP) is 2.78. The summed E-state index contributed by atoms with van der Waals surface area (Å²) in [4.78, 5) is 21.9. The van der Waals surface area contributed by atoms with Crippen molar-refractivity contribution in [3.63, 3.8) is 0 Å². The highest BCUT2D eigenvalue weighted by Gasteiger charge is 2.24. The lowest BCUT2D eigenvalue weighted by atomic mass is 10.1. The molecule has 6 nitrogen and oxygen atoms in total. The van der Waals surface area contributed by atoms with Gasteiger partial charge < -0.3 is 15.0 Å². The van der Waals surface area contributed by atoms with Gasteiger partial charge in [-0.05, 0) is 33.6 Å². The molecule has 1 saturated heterocycles. The molecule has 0 radical (unpaired) electrons. The van der Waals surface area contributed by atoms with E-state index < -0.39 is 0 Å². The van der Waals surface area contributed by atoms with Crippen molar-refractivity contribution in [2.45, 2.75) is 39.7 Å². The second kappa shape index (κ2) is 6.93. The van der Waals surface area contributed by atoms with Gasteiger partial charge in [0.2, 0.25) is 0 Å². The van der Waals surface area contributed by atoms with Crippen molar-refractivity contribution >= 4 is 23.5 Å². The fourth-order valence-electron chi connectivity index (χ4n) is 2.35. The fraction of sp³-hybridized carbons (Fsp3) is 0.643. The Bertz CT molecular complexity index is 516. The maximum Gasteiger partial charge on any atom is 0.409 e. The lowest BCUT2D eigenvalue weighted by molar-refractivity contribution is 0.0983. The number of carbonyl (C=O) groups is 1. The van der Waals surface area contributed by atoms with Gasteiger partial charge in [0, 0.05) is 24.7 Å². The summed E-state index contributed by atoms with van der Waals surface area (Å²) >= 11 is 6.08. The Morgan fingerprint density at radius 3 is 2.67 bits per heavy atom. The molecule has 7 heteroatoms. The lowest BCUT2D eigenvalue weighted by Gasteiger charge is -2.32. The number of piperidine rings is 1. The van der Waals surface area contributed by atoms with Crippen LogP contribution in [0.15, 0.2) is 0 Å². The summed E-state index contributed by atoms with van der Waals surface area (Å²) in [6, 6.07) is 0.278. The molecular weight excluding hydrogens is 292 g/mol. The molecule has 21 heavy (non-hydrogen) atoms. The Balaban J connectivity index is 1.93. The van der Waals surface area contributed by atoms with Gasteiger partial charge >= 0.3 is 6.09 Å². The van der Waals surface area contributed by atoms with E-state index in [0.717, 1.165) is 24.2 Å². The van der Waals surface area contributed by atoms with Crippen LogP contribution >= 0.6 is 11.6 Å². The summed E-state index contributed by atoms with van der Waals surface area (Å²) in [6.45, 7) is 7.32. The number of hydrogen-bond acceptors (Lipinski definition) is 5. The molecule has 1 fully saturated rings. The standard InChI is InChI=1S/C14H21ClN4O2/c1-4-21-14(20)19-7-5-11(6-8-19)18-13-9(2)12(15)16-10(3)17-13/h11H,4-8H2,1-3H3,(H,16,17,18). The molecule has 2 rings (SSSR count). The fourth-order valence-corrected chi connectivity index (χ4v) is 2.56. The monoisotopic (exact) mass is 312 g/mol. The van der Waals surface area contributed by atoms with E-state index in [-0.39, 0.29) is 12.1 Å². The molecule has 1 N–H and O–H groups in total. The van der Waals surface area contributed by atoms with Crippen molar-refractivity contribution in [1.82, 2.24) is 14.9 Å². The van der Waals surface area contributed by atoms with Crippen LogP contribution in [0.5, 0.6) is 0 Å². The van der Waals surface area contributed by atoms with Crippen molar-refractivity contribution in [2.24, 2.45) is 0 Å². The summed E-state index contributed by atoms with van der Waals surface area (Å²) in [5.41, 5.74) is 0.857. The Kier molecular flexibility index (Phi) is 5.22. The minimum atomic E-state index is -0.229. The van der Waals surface area contributed by atoms with Gasteiger partial charge in [-0.3, -0.25) is 0 Å². The van der Waals surface area contributed by atoms with Crippen molar-refractivity contribution in [1.29, 1.82) is 0 Å². The number of hydrogen-bond donors (Lipinski definition) is 1. The van der Waals surface area contributed by atoms with Crippen LogP contribution in [-0.4, -0.2) is 46.7 Å². The summed E-state index contributed by atoms with van der Waals surface area (Å²) in [5, 5.41) is 3.89. The van der Waals surface area contributed by atoms with Gasteiger partial charge in [0.25, 0.3) is 0 Å². The first kappa shape index (κ1) is 15.8. The van der Waals surface area contributed by atoms with Gasteiger partial charge in [-0.15, -0.1) is 0 Å². The van der Waals surface area contributed by atoms with Crippen LogP contribution < -0.4 is 5.32 Å². The van der Waals surface area contributed by atoms with Gasteiger partial charge in [-0.2, -0.15) is 0 Å². The Labute approximate surface area is 129 Å². The van der Waals surface area contributed by atoms with E-state index in [1.54, 1.807) is 4.90 Å². The zero-order valence-corrected chi connectivity index (χ0v) is 13.4. The second-order valence-electron chi connectivity index (χ2n) is 5.14. The van der Waals surface area contributed by atoms with Gasteiger partial charge in [0.05, 0.1) is 6.61 Å². The number of carbonyl (C=O) groups excluding carboxylic acids is 1. The summed E-state index contributed by atoms with van der Waals surface area (Å²) < 4.78 is 5.01. The predicted molar refractivity (Wildman–Crippen MR) is 81.8 cm³/mol. The minimum Gasteiger partial charge on any atom is -0.450 e. The Morgan fingerprint density at radius 2 is 2.05 bits per heavy atom. The number of nitrogens with one attached hydrogen (secondary N) is 1. The van der Waals surface area contributed by atoms with Crippen molar-refractivity contribution in [3.05, 3.63) is 16.5 Å². The molecule has 1 aliphatic rings. The highest BCUT2D eigenvalue weighted by molar-refractivity contribution is 6.30. The average Bonchev–Trinajstić information content (AvgIpc) is 2.45. The third-order valence-corrected chi connectivity index (χ3v) is 3.93. The zero-order valence-electron chi connectivity index (χ0n) is 12.6. The molecule has 0 spiro atoms. The number of rotatable bonds is 3. The first-order chi connectivity index (χ1) is 10.0. The van der Waals surface area contributed by atoms with Crippen LogP contribution in [0.2, 0.25) is 5.15 Å². The van der Waals surface area contributed by atoms with E-state index in [0.29, 0.717) is 30.7 Å².